The highest BCUT2D eigenvalue weighted by atomic mass is 16.5. The van der Waals surface area contributed by atoms with E-state index >= 15 is 0 Å². The van der Waals surface area contributed by atoms with E-state index in [1.54, 1.807) is 37.6 Å². The lowest BCUT2D eigenvalue weighted by atomic mass is 9.88. The summed E-state index contributed by atoms with van der Waals surface area (Å²) in [6, 6.07) is 7.19. The minimum absolute atomic E-state index is 0.00241. The zero-order chi connectivity index (χ0) is 22.1. The van der Waals surface area contributed by atoms with Crippen molar-refractivity contribution in [2.45, 2.75) is 50.4 Å². The fourth-order valence-corrected chi connectivity index (χ4v) is 5.17. The normalized spacial score (nSPS) is 22.5. The highest BCUT2D eigenvalue weighted by molar-refractivity contribution is 5.94. The second-order valence-corrected chi connectivity index (χ2v) is 8.91. The van der Waals surface area contributed by atoms with E-state index < -0.39 is 11.7 Å². The van der Waals surface area contributed by atoms with Gasteiger partial charge in [-0.3, -0.25) is 9.59 Å². The number of imidazole rings is 1. The molecule has 2 saturated heterocycles. The summed E-state index contributed by atoms with van der Waals surface area (Å²) < 4.78 is 13.8. The van der Waals surface area contributed by atoms with Crippen molar-refractivity contribution in [3.8, 4) is 5.75 Å². The number of ether oxygens (including phenoxy) is 2. The van der Waals surface area contributed by atoms with Crippen molar-refractivity contribution >= 4 is 11.8 Å². The standard InChI is InChI=1S/C24H30N4O4/c1-31-19-7-5-18(6-8-19)21(29)27-14-9-24(10-15-27)23-25-11-16-28(23)17-20(32-24)22(30)26-12-3-2-4-13-26/h5-8,11,16,20H,2-4,9-10,12-15,17H2,1H3/t20-/m0/s1. The Balaban J connectivity index is 1.31. The maximum Gasteiger partial charge on any atom is 0.253 e. The third-order valence-corrected chi connectivity index (χ3v) is 6.99. The van der Waals surface area contributed by atoms with Crippen molar-refractivity contribution in [1.82, 2.24) is 19.4 Å². The van der Waals surface area contributed by atoms with Gasteiger partial charge in [-0.1, -0.05) is 0 Å². The van der Waals surface area contributed by atoms with Gasteiger partial charge in [-0.15, -0.1) is 0 Å². The summed E-state index contributed by atoms with van der Waals surface area (Å²) in [5, 5.41) is 0. The molecule has 8 heteroatoms. The second-order valence-electron chi connectivity index (χ2n) is 8.91. The molecule has 0 unspecified atom stereocenters. The third-order valence-electron chi connectivity index (χ3n) is 6.99. The van der Waals surface area contributed by atoms with Crippen LogP contribution in [-0.2, 0) is 21.7 Å². The maximum absolute atomic E-state index is 13.2. The molecule has 5 rings (SSSR count). The first-order chi connectivity index (χ1) is 15.6. The lowest BCUT2D eigenvalue weighted by Crippen LogP contribution is -2.55. The van der Waals surface area contributed by atoms with Gasteiger partial charge < -0.3 is 23.8 Å². The van der Waals surface area contributed by atoms with Gasteiger partial charge in [0.1, 0.15) is 17.2 Å². The Morgan fingerprint density at radius 2 is 1.75 bits per heavy atom. The van der Waals surface area contributed by atoms with Gasteiger partial charge >= 0.3 is 0 Å². The highest BCUT2D eigenvalue weighted by Gasteiger charge is 2.48. The van der Waals surface area contributed by atoms with Crippen LogP contribution in [0.25, 0.3) is 0 Å². The Morgan fingerprint density at radius 1 is 1.03 bits per heavy atom. The SMILES string of the molecule is COc1ccc(C(=O)N2CCC3(CC2)O[C@H](C(=O)N2CCCCC2)Cn2ccnc23)cc1. The molecule has 1 atom stereocenters. The minimum atomic E-state index is -0.630. The number of benzene rings is 1. The van der Waals surface area contributed by atoms with Gasteiger partial charge in [-0.05, 0) is 43.5 Å². The number of likely N-dealkylation sites (tertiary alicyclic amines) is 2. The van der Waals surface area contributed by atoms with E-state index in [0.29, 0.717) is 38.0 Å². The van der Waals surface area contributed by atoms with Gasteiger partial charge in [0.25, 0.3) is 11.8 Å². The molecule has 2 aromatic rings. The lowest BCUT2D eigenvalue weighted by molar-refractivity contribution is -0.180. The summed E-state index contributed by atoms with van der Waals surface area (Å²) in [4.78, 5) is 34.6. The van der Waals surface area contributed by atoms with Crippen LogP contribution >= 0.6 is 0 Å². The number of hydrogen-bond donors (Lipinski definition) is 0. The first-order valence-corrected chi connectivity index (χ1v) is 11.5. The Kier molecular flexibility index (Phi) is 5.63. The van der Waals surface area contributed by atoms with Gasteiger partial charge in [0.05, 0.1) is 13.7 Å². The largest absolute Gasteiger partial charge is 0.497 e. The molecule has 32 heavy (non-hydrogen) atoms. The average molecular weight is 439 g/mol. The number of hydrogen-bond acceptors (Lipinski definition) is 5. The van der Waals surface area contributed by atoms with Gasteiger partial charge in [-0.25, -0.2) is 4.98 Å². The lowest BCUT2D eigenvalue weighted by Gasteiger charge is -2.46. The van der Waals surface area contributed by atoms with Crippen LogP contribution in [0.2, 0.25) is 0 Å². The number of amides is 2. The van der Waals surface area contributed by atoms with Crippen molar-refractivity contribution < 1.29 is 19.1 Å². The quantitative estimate of drug-likeness (QED) is 0.736. The van der Waals surface area contributed by atoms with Gasteiger partial charge in [-0.2, -0.15) is 0 Å². The van der Waals surface area contributed by atoms with Crippen LogP contribution in [0.5, 0.6) is 5.75 Å². The number of carbonyl (C=O) groups is 2. The molecule has 2 fully saturated rings. The fourth-order valence-electron chi connectivity index (χ4n) is 5.17. The Labute approximate surface area is 188 Å². The summed E-state index contributed by atoms with van der Waals surface area (Å²) in [6.07, 6.45) is 7.76. The second kappa shape index (κ2) is 8.58. The van der Waals surface area contributed by atoms with Crippen LogP contribution in [0.3, 0.4) is 0 Å². The van der Waals surface area contributed by atoms with Crippen LogP contribution in [0.1, 0.15) is 48.3 Å². The molecule has 0 saturated carbocycles. The van der Waals surface area contributed by atoms with Crippen LogP contribution in [0, 0.1) is 0 Å². The van der Waals surface area contributed by atoms with E-state index in [-0.39, 0.29) is 11.8 Å². The number of fused-ring (bicyclic) bond motifs is 2. The molecule has 1 aromatic heterocycles. The van der Waals surface area contributed by atoms with Gasteiger partial charge in [0.15, 0.2) is 6.10 Å². The zero-order valence-corrected chi connectivity index (χ0v) is 18.5. The highest BCUT2D eigenvalue weighted by Crippen LogP contribution is 2.40. The van der Waals surface area contributed by atoms with Crippen LogP contribution in [0.4, 0.5) is 0 Å². The molecule has 8 nitrogen and oxygen atoms in total. The molecule has 2 amide bonds. The van der Waals surface area contributed by atoms with E-state index in [9.17, 15) is 9.59 Å². The van der Waals surface area contributed by atoms with Gasteiger partial charge in [0, 0.05) is 57.0 Å². The third kappa shape index (κ3) is 3.77. The number of rotatable bonds is 3. The van der Waals surface area contributed by atoms with Crippen molar-refractivity contribution in [2.75, 3.05) is 33.3 Å². The molecular weight excluding hydrogens is 408 g/mol. The number of nitrogens with zero attached hydrogens (tertiary/aromatic N) is 4. The molecular formula is C24H30N4O4. The van der Waals surface area contributed by atoms with Crippen molar-refractivity contribution in [3.63, 3.8) is 0 Å². The Hall–Kier alpha value is -2.87. The van der Waals surface area contributed by atoms with E-state index in [2.05, 4.69) is 9.55 Å². The van der Waals surface area contributed by atoms with E-state index in [4.69, 9.17) is 9.47 Å². The molecule has 4 heterocycles. The summed E-state index contributed by atoms with van der Waals surface area (Å²) in [5.41, 5.74) is 0.0140. The number of methoxy groups -OCH3 is 1. The fraction of sp³-hybridized carbons (Fsp3) is 0.542. The van der Waals surface area contributed by atoms with E-state index in [1.807, 2.05) is 16.0 Å². The first kappa shape index (κ1) is 21.0. The summed E-state index contributed by atoms with van der Waals surface area (Å²) in [5.74, 6) is 1.69. The smallest absolute Gasteiger partial charge is 0.253 e. The van der Waals surface area contributed by atoms with E-state index in [0.717, 1.165) is 37.5 Å². The zero-order valence-electron chi connectivity index (χ0n) is 18.5. The molecule has 3 aliphatic heterocycles. The monoisotopic (exact) mass is 438 g/mol. The predicted octanol–water partition coefficient (Wildman–Crippen LogP) is 2.43. The van der Waals surface area contributed by atoms with Crippen LogP contribution in [0.15, 0.2) is 36.7 Å². The molecule has 170 valence electrons. The summed E-state index contributed by atoms with van der Waals surface area (Å²) in [6.45, 7) is 3.24. The molecule has 3 aliphatic rings. The van der Waals surface area contributed by atoms with E-state index in [1.165, 1.54) is 6.42 Å². The molecule has 0 radical (unpaired) electrons. The molecule has 0 N–H and O–H groups in total. The van der Waals surface area contributed by atoms with Crippen LogP contribution in [-0.4, -0.2) is 70.6 Å². The first-order valence-electron chi connectivity index (χ1n) is 11.5. The van der Waals surface area contributed by atoms with Crippen molar-refractivity contribution in [3.05, 3.63) is 48.0 Å². The Bertz CT molecular complexity index is 972. The summed E-state index contributed by atoms with van der Waals surface area (Å²) >= 11 is 0. The number of piperidine rings is 2. The average Bonchev–Trinajstić information content (AvgIpc) is 3.34. The van der Waals surface area contributed by atoms with Crippen molar-refractivity contribution in [2.24, 2.45) is 0 Å². The molecule has 1 aromatic carbocycles. The topological polar surface area (TPSA) is 76.9 Å². The molecule has 0 aliphatic carbocycles. The summed E-state index contributed by atoms with van der Waals surface area (Å²) in [7, 11) is 1.61. The number of aromatic nitrogens is 2. The maximum atomic E-state index is 13.2. The van der Waals surface area contributed by atoms with Crippen LogP contribution < -0.4 is 4.74 Å². The van der Waals surface area contributed by atoms with Crippen molar-refractivity contribution in [1.29, 1.82) is 0 Å². The molecule has 0 bridgehead atoms. The Morgan fingerprint density at radius 3 is 2.44 bits per heavy atom. The van der Waals surface area contributed by atoms with Gasteiger partial charge in [0.2, 0.25) is 0 Å². The predicted molar refractivity (Wildman–Crippen MR) is 117 cm³/mol. The molecule has 1 spiro atoms. The number of carbonyl (C=O) groups excluding carboxylic acids is 2. The minimum Gasteiger partial charge on any atom is -0.497 e.